The van der Waals surface area contributed by atoms with Gasteiger partial charge in [0.2, 0.25) is 0 Å². The molecular formula is C14H16Fe. The maximum absolute atomic E-state index is 2.25. The molecule has 0 N–H and O–H groups in total. The molecule has 1 heteroatoms. The molecule has 0 bridgehead atoms. The van der Waals surface area contributed by atoms with E-state index < -0.39 is 0 Å². The molecular weight excluding hydrogens is 224 g/mol. The molecule has 80 valence electrons. The molecule has 0 unspecified atom stereocenters. The van der Waals surface area contributed by atoms with Crippen LogP contribution in [0, 0.1) is 0 Å². The van der Waals surface area contributed by atoms with E-state index in [0.29, 0.717) is 5.92 Å². The summed E-state index contributed by atoms with van der Waals surface area (Å²) in [4.78, 5) is 0. The van der Waals surface area contributed by atoms with Crippen molar-refractivity contribution in [3.63, 3.8) is 0 Å². The maximum atomic E-state index is 2.25. The van der Waals surface area contributed by atoms with Crippen molar-refractivity contribution in [1.82, 2.24) is 0 Å². The molecule has 0 atom stereocenters. The predicted octanol–water partition coefficient (Wildman–Crippen LogP) is 4.15. The molecule has 0 amide bonds. The van der Waals surface area contributed by atoms with E-state index in [1.165, 1.54) is 16.7 Å². The predicted molar refractivity (Wildman–Crippen MR) is 62.3 cm³/mol. The molecule has 1 aliphatic rings. The van der Waals surface area contributed by atoms with Crippen LogP contribution >= 0.6 is 0 Å². The van der Waals surface area contributed by atoms with E-state index in [1.54, 1.807) is 0 Å². The first-order valence-electron chi connectivity index (χ1n) is 5.24. The summed E-state index contributed by atoms with van der Waals surface area (Å²) in [5.41, 5.74) is 4.34. The summed E-state index contributed by atoms with van der Waals surface area (Å²) in [6.07, 6.45) is 7.67. The fraction of sp³-hybridized carbons (Fsp3) is 0.286. The van der Waals surface area contributed by atoms with Crippen molar-refractivity contribution >= 4 is 5.57 Å². The SMILES string of the molecule is CC(C)c1ccccc1C1=CC=CC1.[Fe]. The van der Waals surface area contributed by atoms with Crippen molar-refractivity contribution < 1.29 is 17.1 Å². The van der Waals surface area contributed by atoms with Gasteiger partial charge in [0.1, 0.15) is 0 Å². The van der Waals surface area contributed by atoms with Crippen LogP contribution in [0.4, 0.5) is 0 Å². The minimum Gasteiger partial charge on any atom is -0.0801 e. The van der Waals surface area contributed by atoms with Gasteiger partial charge in [-0.05, 0) is 29.0 Å². The summed E-state index contributed by atoms with van der Waals surface area (Å²) in [6, 6.07) is 8.72. The van der Waals surface area contributed by atoms with Gasteiger partial charge in [-0.3, -0.25) is 0 Å². The first-order chi connectivity index (χ1) is 6.79. The monoisotopic (exact) mass is 240 g/mol. The van der Waals surface area contributed by atoms with E-state index in [2.05, 4.69) is 56.3 Å². The molecule has 0 spiro atoms. The molecule has 0 aromatic heterocycles. The minimum atomic E-state index is 0. The van der Waals surface area contributed by atoms with Gasteiger partial charge in [0, 0.05) is 17.1 Å². The normalized spacial score (nSPS) is 13.9. The number of hydrogen-bond acceptors (Lipinski definition) is 0. The van der Waals surface area contributed by atoms with E-state index in [4.69, 9.17) is 0 Å². The molecule has 0 saturated carbocycles. The van der Waals surface area contributed by atoms with Crippen LogP contribution in [0.3, 0.4) is 0 Å². The quantitative estimate of drug-likeness (QED) is 0.681. The van der Waals surface area contributed by atoms with Gasteiger partial charge in [0.15, 0.2) is 0 Å². The third-order valence-corrected chi connectivity index (χ3v) is 2.70. The van der Waals surface area contributed by atoms with Crippen molar-refractivity contribution in [3.05, 3.63) is 53.6 Å². The van der Waals surface area contributed by atoms with E-state index in [0.717, 1.165) is 6.42 Å². The summed E-state index contributed by atoms with van der Waals surface area (Å²) in [5, 5.41) is 0. The number of allylic oxidation sites excluding steroid dienone is 4. The van der Waals surface area contributed by atoms with Gasteiger partial charge in [0.25, 0.3) is 0 Å². The van der Waals surface area contributed by atoms with Crippen LogP contribution in [-0.4, -0.2) is 0 Å². The zero-order chi connectivity index (χ0) is 9.97. The summed E-state index contributed by atoms with van der Waals surface area (Å²) >= 11 is 0. The molecule has 0 fully saturated rings. The largest absolute Gasteiger partial charge is 0.0801 e. The van der Waals surface area contributed by atoms with Crippen LogP contribution < -0.4 is 0 Å². The Labute approximate surface area is 103 Å². The van der Waals surface area contributed by atoms with Gasteiger partial charge in [-0.15, -0.1) is 0 Å². The van der Waals surface area contributed by atoms with Crippen molar-refractivity contribution in [2.45, 2.75) is 26.2 Å². The minimum absolute atomic E-state index is 0. The van der Waals surface area contributed by atoms with Crippen LogP contribution in [0.15, 0.2) is 42.5 Å². The first kappa shape index (κ1) is 12.3. The molecule has 0 radical (unpaired) electrons. The average molecular weight is 240 g/mol. The summed E-state index contributed by atoms with van der Waals surface area (Å²) in [6.45, 7) is 4.50. The Morgan fingerprint density at radius 3 is 2.47 bits per heavy atom. The molecule has 0 aliphatic heterocycles. The Bertz CT molecular complexity index is 386. The standard InChI is InChI=1S/C14H16.Fe/c1-11(2)13-9-5-6-10-14(13)12-7-3-4-8-12;/h3-7,9-11H,8H2,1-2H3;. The van der Waals surface area contributed by atoms with Gasteiger partial charge in [-0.1, -0.05) is 56.3 Å². The molecule has 2 rings (SSSR count). The molecule has 1 aromatic rings. The second-order valence-electron chi connectivity index (χ2n) is 4.07. The first-order valence-corrected chi connectivity index (χ1v) is 5.24. The number of benzene rings is 1. The zero-order valence-electron chi connectivity index (χ0n) is 9.18. The van der Waals surface area contributed by atoms with Crippen LogP contribution in [0.2, 0.25) is 0 Å². The van der Waals surface area contributed by atoms with Crippen molar-refractivity contribution in [2.75, 3.05) is 0 Å². The van der Waals surface area contributed by atoms with Crippen molar-refractivity contribution in [1.29, 1.82) is 0 Å². The topological polar surface area (TPSA) is 0 Å². The molecule has 1 aromatic carbocycles. The fourth-order valence-electron chi connectivity index (χ4n) is 1.94. The zero-order valence-corrected chi connectivity index (χ0v) is 10.3. The molecule has 0 saturated heterocycles. The summed E-state index contributed by atoms with van der Waals surface area (Å²) < 4.78 is 0. The van der Waals surface area contributed by atoms with Crippen LogP contribution in [0.1, 0.15) is 37.3 Å². The Kier molecular flexibility index (Phi) is 4.38. The summed E-state index contributed by atoms with van der Waals surface area (Å²) in [7, 11) is 0. The molecule has 0 heterocycles. The van der Waals surface area contributed by atoms with Gasteiger partial charge >= 0.3 is 0 Å². The van der Waals surface area contributed by atoms with Crippen LogP contribution in [0.25, 0.3) is 5.57 Å². The van der Waals surface area contributed by atoms with Crippen molar-refractivity contribution in [2.24, 2.45) is 0 Å². The van der Waals surface area contributed by atoms with E-state index in [1.807, 2.05) is 0 Å². The van der Waals surface area contributed by atoms with Gasteiger partial charge in [-0.25, -0.2) is 0 Å². The van der Waals surface area contributed by atoms with E-state index in [-0.39, 0.29) is 17.1 Å². The summed E-state index contributed by atoms with van der Waals surface area (Å²) in [5.74, 6) is 0.604. The Morgan fingerprint density at radius 2 is 1.87 bits per heavy atom. The smallest absolute Gasteiger partial charge is 0 e. The second-order valence-corrected chi connectivity index (χ2v) is 4.07. The van der Waals surface area contributed by atoms with Crippen LogP contribution in [0.5, 0.6) is 0 Å². The van der Waals surface area contributed by atoms with E-state index in [9.17, 15) is 0 Å². The maximum Gasteiger partial charge on any atom is 0 e. The fourth-order valence-corrected chi connectivity index (χ4v) is 1.94. The van der Waals surface area contributed by atoms with Gasteiger partial charge in [-0.2, -0.15) is 0 Å². The molecule has 15 heavy (non-hydrogen) atoms. The third kappa shape index (κ3) is 2.62. The van der Waals surface area contributed by atoms with Crippen molar-refractivity contribution in [3.8, 4) is 0 Å². The second kappa shape index (κ2) is 5.34. The molecule has 0 nitrogen and oxygen atoms in total. The molecule has 1 aliphatic carbocycles. The van der Waals surface area contributed by atoms with Crippen LogP contribution in [-0.2, 0) is 17.1 Å². The number of rotatable bonds is 2. The third-order valence-electron chi connectivity index (χ3n) is 2.70. The Hall–Kier alpha value is -0.781. The Balaban J connectivity index is 0.00000112. The Morgan fingerprint density at radius 1 is 1.13 bits per heavy atom. The van der Waals surface area contributed by atoms with Gasteiger partial charge in [0.05, 0.1) is 0 Å². The van der Waals surface area contributed by atoms with E-state index >= 15 is 0 Å². The van der Waals surface area contributed by atoms with Gasteiger partial charge < -0.3 is 0 Å². The average Bonchev–Trinajstić information content (AvgIpc) is 2.70. The number of hydrogen-bond donors (Lipinski definition) is 0.